The topological polar surface area (TPSA) is 68.5 Å². The summed E-state index contributed by atoms with van der Waals surface area (Å²) in [6.07, 6.45) is 3.15. The Morgan fingerprint density at radius 2 is 2.47 bits per heavy atom. The lowest BCUT2D eigenvalue weighted by Crippen LogP contribution is -2.24. The van der Waals surface area contributed by atoms with E-state index in [1.54, 1.807) is 16.6 Å². The summed E-state index contributed by atoms with van der Waals surface area (Å²) in [5.41, 5.74) is 1.08. The number of hydrogen-bond donors (Lipinski definition) is 1. The molecule has 0 saturated carbocycles. The lowest BCUT2D eigenvalue weighted by atomic mass is 10.1. The second-order valence-electron chi connectivity index (χ2n) is 4.70. The third kappa shape index (κ3) is 2.31. The Kier molecular flexibility index (Phi) is 3.16. The number of methoxy groups -OCH3 is 1. The molecule has 0 aliphatic carbocycles. The van der Waals surface area contributed by atoms with Crippen LogP contribution in [0.3, 0.4) is 0 Å². The molecule has 1 unspecified atom stereocenters. The Balaban J connectivity index is 1.93. The van der Waals surface area contributed by atoms with Gasteiger partial charge in [0.1, 0.15) is 0 Å². The molecule has 0 bridgehead atoms. The Morgan fingerprint density at radius 1 is 1.58 bits per heavy atom. The molecular weight excluding hydrogens is 244 g/mol. The van der Waals surface area contributed by atoms with E-state index in [0.717, 1.165) is 25.2 Å². The maximum Gasteiger partial charge on any atom is 0.356 e. The summed E-state index contributed by atoms with van der Waals surface area (Å²) in [5.74, 6) is 0.358. The molecule has 1 saturated heterocycles. The number of carbonyl (C=O) groups is 1. The summed E-state index contributed by atoms with van der Waals surface area (Å²) in [5, 5.41) is 7.83. The minimum atomic E-state index is -0.402. The fourth-order valence-electron chi connectivity index (χ4n) is 2.45. The van der Waals surface area contributed by atoms with Crippen LogP contribution in [-0.2, 0) is 11.2 Å². The van der Waals surface area contributed by atoms with Gasteiger partial charge < -0.3 is 10.1 Å². The Morgan fingerprint density at radius 3 is 3.21 bits per heavy atom. The number of aromatic nitrogens is 3. The number of hydrogen-bond acceptors (Lipinski definition) is 5. The Bertz CT molecular complexity index is 602. The first kappa shape index (κ1) is 12.1. The number of esters is 1. The van der Waals surface area contributed by atoms with Crippen molar-refractivity contribution in [2.75, 3.05) is 13.7 Å². The van der Waals surface area contributed by atoms with Gasteiger partial charge >= 0.3 is 5.97 Å². The highest BCUT2D eigenvalue weighted by atomic mass is 16.5. The molecule has 6 heteroatoms. The lowest BCUT2D eigenvalue weighted by molar-refractivity contribution is 0.0591. The smallest absolute Gasteiger partial charge is 0.356 e. The van der Waals surface area contributed by atoms with E-state index < -0.39 is 5.97 Å². The lowest BCUT2D eigenvalue weighted by Gasteiger charge is -2.05. The van der Waals surface area contributed by atoms with Crippen molar-refractivity contribution in [3.05, 3.63) is 29.7 Å². The van der Waals surface area contributed by atoms with Gasteiger partial charge in [0.25, 0.3) is 0 Å². The molecule has 1 atom stereocenters. The van der Waals surface area contributed by atoms with E-state index >= 15 is 0 Å². The maximum atomic E-state index is 11.7. The van der Waals surface area contributed by atoms with Crippen LogP contribution in [0.15, 0.2) is 18.2 Å². The van der Waals surface area contributed by atoms with Gasteiger partial charge in [-0.3, -0.25) is 0 Å². The van der Waals surface area contributed by atoms with Crippen molar-refractivity contribution in [3.8, 4) is 0 Å². The van der Waals surface area contributed by atoms with Crippen molar-refractivity contribution in [3.63, 3.8) is 0 Å². The first-order valence-corrected chi connectivity index (χ1v) is 6.44. The first-order chi connectivity index (χ1) is 9.28. The summed E-state index contributed by atoms with van der Waals surface area (Å²) >= 11 is 0. The second-order valence-corrected chi connectivity index (χ2v) is 4.70. The fourth-order valence-corrected chi connectivity index (χ4v) is 2.45. The van der Waals surface area contributed by atoms with E-state index in [4.69, 9.17) is 4.74 Å². The van der Waals surface area contributed by atoms with Crippen molar-refractivity contribution in [2.45, 2.75) is 25.3 Å². The van der Waals surface area contributed by atoms with Crippen molar-refractivity contribution in [1.29, 1.82) is 0 Å². The van der Waals surface area contributed by atoms with E-state index in [1.165, 1.54) is 13.5 Å². The zero-order chi connectivity index (χ0) is 13.2. The molecular formula is C13H16N4O2. The SMILES string of the molecule is COC(=O)c1cccc2nc(CC3CCCN3)nn12. The number of ether oxygens (including phenoxy) is 1. The third-order valence-electron chi connectivity index (χ3n) is 3.39. The van der Waals surface area contributed by atoms with Crippen LogP contribution in [0.4, 0.5) is 0 Å². The van der Waals surface area contributed by atoms with Crippen molar-refractivity contribution < 1.29 is 9.53 Å². The summed E-state index contributed by atoms with van der Waals surface area (Å²) in [7, 11) is 1.36. The molecule has 2 aromatic heterocycles. The molecule has 19 heavy (non-hydrogen) atoms. The number of nitrogens with one attached hydrogen (secondary N) is 1. The highest BCUT2D eigenvalue weighted by Crippen LogP contribution is 2.12. The van der Waals surface area contributed by atoms with Crippen LogP contribution in [0.25, 0.3) is 5.65 Å². The van der Waals surface area contributed by atoms with Crippen LogP contribution in [-0.4, -0.2) is 40.3 Å². The highest BCUT2D eigenvalue weighted by Gasteiger charge is 2.18. The summed E-state index contributed by atoms with van der Waals surface area (Å²) in [6, 6.07) is 5.75. The Labute approximate surface area is 110 Å². The van der Waals surface area contributed by atoms with Gasteiger partial charge in [-0.2, -0.15) is 5.10 Å². The summed E-state index contributed by atoms with van der Waals surface area (Å²) in [6.45, 7) is 1.06. The summed E-state index contributed by atoms with van der Waals surface area (Å²) < 4.78 is 6.30. The third-order valence-corrected chi connectivity index (χ3v) is 3.39. The van der Waals surface area contributed by atoms with Crippen LogP contribution in [0, 0.1) is 0 Å². The van der Waals surface area contributed by atoms with Crippen molar-refractivity contribution in [2.24, 2.45) is 0 Å². The van der Waals surface area contributed by atoms with Gasteiger partial charge in [0.05, 0.1) is 7.11 Å². The van der Waals surface area contributed by atoms with Crippen LogP contribution in [0.5, 0.6) is 0 Å². The normalized spacial score (nSPS) is 18.9. The highest BCUT2D eigenvalue weighted by molar-refractivity contribution is 5.88. The van der Waals surface area contributed by atoms with Crippen molar-refractivity contribution in [1.82, 2.24) is 19.9 Å². The average Bonchev–Trinajstić information content (AvgIpc) is 3.06. The van der Waals surface area contributed by atoms with Gasteiger partial charge in [-0.25, -0.2) is 14.3 Å². The number of pyridine rings is 1. The van der Waals surface area contributed by atoms with E-state index in [1.807, 2.05) is 6.07 Å². The first-order valence-electron chi connectivity index (χ1n) is 6.44. The molecule has 1 N–H and O–H groups in total. The van der Waals surface area contributed by atoms with Gasteiger partial charge in [0, 0.05) is 12.5 Å². The van der Waals surface area contributed by atoms with Crippen LogP contribution < -0.4 is 5.32 Å². The standard InChI is InChI=1S/C13H16N4O2/c1-19-13(18)10-5-2-6-12-15-11(16-17(10)12)8-9-4-3-7-14-9/h2,5-6,9,14H,3-4,7-8H2,1H3. The quantitative estimate of drug-likeness (QED) is 0.827. The largest absolute Gasteiger partial charge is 0.464 e. The number of rotatable bonds is 3. The van der Waals surface area contributed by atoms with Crippen molar-refractivity contribution >= 4 is 11.6 Å². The molecule has 6 nitrogen and oxygen atoms in total. The fraction of sp³-hybridized carbons (Fsp3) is 0.462. The molecule has 3 rings (SSSR count). The second kappa shape index (κ2) is 4.97. The molecule has 1 fully saturated rings. The van der Waals surface area contributed by atoms with Gasteiger partial charge in [-0.05, 0) is 31.5 Å². The molecule has 1 aliphatic heterocycles. The van der Waals surface area contributed by atoms with Crippen LogP contribution in [0.2, 0.25) is 0 Å². The zero-order valence-electron chi connectivity index (χ0n) is 10.8. The molecule has 0 aromatic carbocycles. The monoisotopic (exact) mass is 260 g/mol. The van der Waals surface area contributed by atoms with E-state index in [9.17, 15) is 4.79 Å². The van der Waals surface area contributed by atoms with Gasteiger partial charge in [0.2, 0.25) is 0 Å². The van der Waals surface area contributed by atoms with E-state index in [-0.39, 0.29) is 0 Å². The molecule has 0 amide bonds. The van der Waals surface area contributed by atoms with Gasteiger partial charge in [-0.1, -0.05) is 6.07 Å². The minimum Gasteiger partial charge on any atom is -0.464 e. The van der Waals surface area contributed by atoms with Crippen LogP contribution >= 0.6 is 0 Å². The predicted octanol–water partition coefficient (Wildman–Crippen LogP) is 0.810. The molecule has 2 aromatic rings. The van der Waals surface area contributed by atoms with E-state index in [0.29, 0.717) is 17.4 Å². The summed E-state index contributed by atoms with van der Waals surface area (Å²) in [4.78, 5) is 16.1. The molecule has 0 radical (unpaired) electrons. The van der Waals surface area contributed by atoms with Gasteiger partial charge in [0.15, 0.2) is 17.2 Å². The number of nitrogens with zero attached hydrogens (tertiary/aromatic N) is 3. The van der Waals surface area contributed by atoms with E-state index in [2.05, 4.69) is 15.4 Å². The minimum absolute atomic E-state index is 0.401. The van der Waals surface area contributed by atoms with Gasteiger partial charge in [-0.15, -0.1) is 0 Å². The van der Waals surface area contributed by atoms with Crippen LogP contribution in [0.1, 0.15) is 29.2 Å². The molecule has 1 aliphatic rings. The Hall–Kier alpha value is -1.95. The molecule has 0 spiro atoms. The number of fused-ring (bicyclic) bond motifs is 1. The number of carbonyl (C=O) groups excluding carboxylic acids is 1. The predicted molar refractivity (Wildman–Crippen MR) is 69.1 cm³/mol. The maximum absolute atomic E-state index is 11.7. The average molecular weight is 260 g/mol. The molecule has 100 valence electrons. The zero-order valence-corrected chi connectivity index (χ0v) is 10.8. The molecule has 3 heterocycles.